The molecule has 2 fully saturated rings. The van der Waals surface area contributed by atoms with E-state index in [1.807, 2.05) is 18.2 Å². The third-order valence-electron chi connectivity index (χ3n) is 6.34. The smallest absolute Gasteiger partial charge is 0.338 e. The molecule has 1 saturated heterocycles. The molecule has 1 N–H and O–H groups in total. The molecule has 1 heterocycles. The van der Waals surface area contributed by atoms with Crippen LogP contribution >= 0.6 is 11.6 Å². The first-order valence-corrected chi connectivity index (χ1v) is 10.9. The maximum Gasteiger partial charge on any atom is 0.338 e. The monoisotopic (exact) mass is 431 g/mol. The maximum absolute atomic E-state index is 14.4. The van der Waals surface area contributed by atoms with Crippen molar-refractivity contribution in [3.05, 3.63) is 63.9 Å². The summed E-state index contributed by atoms with van der Waals surface area (Å²) in [6.07, 6.45) is 3.75. The zero-order valence-electron chi connectivity index (χ0n) is 17.3. The van der Waals surface area contributed by atoms with Crippen molar-refractivity contribution in [2.24, 2.45) is 0 Å². The van der Waals surface area contributed by atoms with Gasteiger partial charge in [-0.05, 0) is 81.3 Å². The van der Waals surface area contributed by atoms with Gasteiger partial charge in [-0.1, -0.05) is 23.7 Å². The van der Waals surface area contributed by atoms with Crippen LogP contribution in [0, 0.1) is 5.82 Å². The molecule has 2 aliphatic rings. The van der Waals surface area contributed by atoms with E-state index in [2.05, 4.69) is 24.8 Å². The highest BCUT2D eigenvalue weighted by molar-refractivity contribution is 6.30. The van der Waals surface area contributed by atoms with Crippen molar-refractivity contribution in [2.45, 2.75) is 57.1 Å². The number of carboxylic acids is 1. The molecule has 0 spiro atoms. The van der Waals surface area contributed by atoms with Crippen LogP contribution in [0.4, 0.5) is 4.39 Å². The minimum absolute atomic E-state index is 0.0789. The van der Waals surface area contributed by atoms with Crippen molar-refractivity contribution in [1.82, 2.24) is 4.90 Å². The number of rotatable bonds is 6. The summed E-state index contributed by atoms with van der Waals surface area (Å²) in [6.45, 7) is 6.02. The molecule has 1 aliphatic heterocycles. The van der Waals surface area contributed by atoms with Crippen LogP contribution in [0.25, 0.3) is 0 Å². The molecule has 1 saturated carbocycles. The first kappa shape index (κ1) is 21.1. The van der Waals surface area contributed by atoms with Gasteiger partial charge in [-0.25, -0.2) is 9.18 Å². The van der Waals surface area contributed by atoms with Crippen LogP contribution in [0.1, 0.15) is 66.9 Å². The number of hydrogen-bond acceptors (Lipinski definition) is 3. The van der Waals surface area contributed by atoms with Gasteiger partial charge in [-0.2, -0.15) is 0 Å². The summed E-state index contributed by atoms with van der Waals surface area (Å²) < 4.78 is 20.6. The van der Waals surface area contributed by atoms with Crippen LogP contribution in [-0.2, 0) is 5.54 Å². The van der Waals surface area contributed by atoms with Gasteiger partial charge in [0.2, 0.25) is 0 Å². The lowest BCUT2D eigenvalue weighted by atomic mass is 9.89. The second-order valence-corrected chi connectivity index (χ2v) is 9.28. The fraction of sp³-hybridized carbons (Fsp3) is 0.458. The summed E-state index contributed by atoms with van der Waals surface area (Å²) in [6, 6.07) is 10.6. The number of aromatic carboxylic acids is 1. The summed E-state index contributed by atoms with van der Waals surface area (Å²) in [7, 11) is 0. The van der Waals surface area contributed by atoms with Crippen molar-refractivity contribution in [2.75, 3.05) is 13.1 Å². The predicted molar refractivity (Wildman–Crippen MR) is 115 cm³/mol. The van der Waals surface area contributed by atoms with Gasteiger partial charge in [0, 0.05) is 23.2 Å². The molecule has 1 atom stereocenters. The van der Waals surface area contributed by atoms with E-state index in [0.29, 0.717) is 17.3 Å². The molecule has 0 unspecified atom stereocenters. The summed E-state index contributed by atoms with van der Waals surface area (Å²) in [5.41, 5.74) is 1.47. The number of nitrogens with zero attached hydrogens (tertiary/aromatic N) is 1. The lowest BCUT2D eigenvalue weighted by Crippen LogP contribution is -2.50. The molecule has 0 radical (unpaired) electrons. The highest BCUT2D eigenvalue weighted by Gasteiger charge is 2.35. The fourth-order valence-corrected chi connectivity index (χ4v) is 4.51. The SMILES string of the molecule is CC(C)(c1cccc(Cl)c1)N1CCC[C@@H](Oc2cc(F)c(C(=O)O)cc2C2CC2)C1. The summed E-state index contributed by atoms with van der Waals surface area (Å²) in [4.78, 5) is 13.7. The van der Waals surface area contributed by atoms with Gasteiger partial charge in [-0.3, -0.25) is 4.90 Å². The largest absolute Gasteiger partial charge is 0.489 e. The molecule has 1 aliphatic carbocycles. The molecule has 2 aromatic carbocycles. The van der Waals surface area contributed by atoms with E-state index in [4.69, 9.17) is 16.3 Å². The van der Waals surface area contributed by atoms with Crippen LogP contribution in [0.2, 0.25) is 5.02 Å². The third kappa shape index (κ3) is 4.33. The first-order chi connectivity index (χ1) is 14.3. The van der Waals surface area contributed by atoms with Gasteiger partial charge in [-0.15, -0.1) is 0 Å². The van der Waals surface area contributed by atoms with Gasteiger partial charge in [0.15, 0.2) is 0 Å². The number of halogens is 2. The Bertz CT molecular complexity index is 957. The van der Waals surface area contributed by atoms with Crippen LogP contribution in [0.15, 0.2) is 36.4 Å². The minimum Gasteiger partial charge on any atom is -0.489 e. The summed E-state index contributed by atoms with van der Waals surface area (Å²) >= 11 is 6.21. The molecule has 160 valence electrons. The first-order valence-electron chi connectivity index (χ1n) is 10.5. The van der Waals surface area contributed by atoms with Gasteiger partial charge in [0.05, 0.1) is 5.56 Å². The highest BCUT2D eigenvalue weighted by atomic mass is 35.5. The Morgan fingerprint density at radius 3 is 2.67 bits per heavy atom. The second-order valence-electron chi connectivity index (χ2n) is 8.85. The number of likely N-dealkylation sites (tertiary alicyclic amines) is 1. The molecule has 0 aromatic heterocycles. The van der Waals surface area contributed by atoms with E-state index in [0.717, 1.165) is 43.4 Å². The zero-order valence-corrected chi connectivity index (χ0v) is 18.1. The van der Waals surface area contributed by atoms with Gasteiger partial charge in [0.25, 0.3) is 0 Å². The van der Waals surface area contributed by atoms with E-state index in [9.17, 15) is 14.3 Å². The van der Waals surface area contributed by atoms with Crippen LogP contribution in [0.3, 0.4) is 0 Å². The van der Waals surface area contributed by atoms with E-state index in [1.165, 1.54) is 12.1 Å². The second kappa shape index (κ2) is 8.20. The van der Waals surface area contributed by atoms with Crippen LogP contribution in [-0.4, -0.2) is 35.2 Å². The lowest BCUT2D eigenvalue weighted by molar-refractivity contribution is 0.0243. The third-order valence-corrected chi connectivity index (χ3v) is 6.58. The Kier molecular flexibility index (Phi) is 5.78. The molecule has 4 nitrogen and oxygen atoms in total. The Morgan fingerprint density at radius 1 is 1.23 bits per heavy atom. The van der Waals surface area contributed by atoms with Crippen molar-refractivity contribution >= 4 is 17.6 Å². The molecule has 6 heteroatoms. The minimum atomic E-state index is -1.24. The highest BCUT2D eigenvalue weighted by Crippen LogP contribution is 2.45. The Hall–Kier alpha value is -2.11. The average Bonchev–Trinajstić information content (AvgIpc) is 3.53. The van der Waals surface area contributed by atoms with Crippen molar-refractivity contribution in [1.29, 1.82) is 0 Å². The van der Waals surface area contributed by atoms with Gasteiger partial charge < -0.3 is 9.84 Å². The molecular weight excluding hydrogens is 405 g/mol. The normalized spacial score (nSPS) is 20.2. The Labute approximate surface area is 181 Å². The van der Waals surface area contributed by atoms with E-state index >= 15 is 0 Å². The topological polar surface area (TPSA) is 49.8 Å². The number of piperidine rings is 1. The molecule has 30 heavy (non-hydrogen) atoms. The summed E-state index contributed by atoms with van der Waals surface area (Å²) in [5, 5.41) is 9.98. The molecule has 0 amide bonds. The average molecular weight is 432 g/mol. The Morgan fingerprint density at radius 2 is 2.00 bits per heavy atom. The van der Waals surface area contributed by atoms with E-state index in [-0.39, 0.29) is 23.1 Å². The van der Waals surface area contributed by atoms with Crippen LogP contribution in [0.5, 0.6) is 5.75 Å². The number of carboxylic acid groups (broad SMARTS) is 1. The van der Waals surface area contributed by atoms with Gasteiger partial charge in [0.1, 0.15) is 17.7 Å². The molecule has 0 bridgehead atoms. The van der Waals surface area contributed by atoms with E-state index in [1.54, 1.807) is 0 Å². The standard InChI is InChI=1S/C24H27ClFNO3/c1-24(2,16-5-3-6-17(25)11-16)27-10-4-7-18(14-27)30-22-13-21(26)20(23(28)29)12-19(22)15-8-9-15/h3,5-6,11-13,15,18H,4,7-10,14H2,1-2H3,(H,28,29)/t18-/m1/s1. The Balaban J connectivity index is 1.55. The number of ether oxygens (including phenoxy) is 1. The van der Waals surface area contributed by atoms with Crippen molar-refractivity contribution < 1.29 is 19.0 Å². The number of benzene rings is 2. The predicted octanol–water partition coefficient (Wildman–Crippen LogP) is 5.83. The lowest BCUT2D eigenvalue weighted by Gasteiger charge is -2.44. The van der Waals surface area contributed by atoms with E-state index < -0.39 is 11.8 Å². The molecule has 2 aromatic rings. The van der Waals surface area contributed by atoms with Crippen LogP contribution < -0.4 is 4.74 Å². The molecule has 4 rings (SSSR count). The van der Waals surface area contributed by atoms with Crippen molar-refractivity contribution in [3.8, 4) is 5.75 Å². The number of carbonyl (C=O) groups is 1. The maximum atomic E-state index is 14.4. The quantitative estimate of drug-likeness (QED) is 0.624. The van der Waals surface area contributed by atoms with Crippen molar-refractivity contribution in [3.63, 3.8) is 0 Å². The molecular formula is C24H27ClFNO3. The summed E-state index contributed by atoms with van der Waals surface area (Å²) in [5.74, 6) is -1.23. The zero-order chi connectivity index (χ0) is 21.5. The van der Waals surface area contributed by atoms with Gasteiger partial charge >= 0.3 is 5.97 Å². The fourth-order valence-electron chi connectivity index (χ4n) is 4.32. The number of hydrogen-bond donors (Lipinski definition) is 1.